The molecule has 1 N–H and O–H groups in total. The van der Waals surface area contributed by atoms with E-state index in [0.717, 1.165) is 6.07 Å². The molecule has 1 aromatic carbocycles. The van der Waals surface area contributed by atoms with E-state index < -0.39 is 16.9 Å². The standard InChI is InChI=1S/C12H14F2N2O3/c1-12(17)4-5-15(7-12)10-3-2-8(16(18)19)6-9(10)11(13)14/h2-3,6,11,17H,4-5,7H2,1H3. The smallest absolute Gasteiger partial charge is 0.270 e. The fourth-order valence-corrected chi connectivity index (χ4v) is 2.27. The Morgan fingerprint density at radius 1 is 1.53 bits per heavy atom. The van der Waals surface area contributed by atoms with Crippen LogP contribution in [0.2, 0.25) is 0 Å². The average molecular weight is 272 g/mol. The van der Waals surface area contributed by atoms with Crippen LogP contribution in [0.3, 0.4) is 0 Å². The first-order valence-corrected chi connectivity index (χ1v) is 5.84. The molecule has 104 valence electrons. The van der Waals surface area contributed by atoms with Crippen LogP contribution >= 0.6 is 0 Å². The molecular weight excluding hydrogens is 258 g/mol. The Labute approximate surface area is 108 Å². The van der Waals surface area contributed by atoms with Crippen molar-refractivity contribution < 1.29 is 18.8 Å². The lowest BCUT2D eigenvalue weighted by Crippen LogP contribution is -2.30. The third-order valence-corrected chi connectivity index (χ3v) is 3.25. The van der Waals surface area contributed by atoms with E-state index in [4.69, 9.17) is 0 Å². The summed E-state index contributed by atoms with van der Waals surface area (Å²) >= 11 is 0. The molecule has 19 heavy (non-hydrogen) atoms. The van der Waals surface area contributed by atoms with Gasteiger partial charge in [0.05, 0.1) is 10.5 Å². The molecule has 0 spiro atoms. The maximum Gasteiger partial charge on any atom is 0.270 e. The second-order valence-corrected chi connectivity index (χ2v) is 4.97. The maximum atomic E-state index is 13.0. The van der Waals surface area contributed by atoms with Gasteiger partial charge in [-0.3, -0.25) is 10.1 Å². The number of hydrogen-bond acceptors (Lipinski definition) is 4. The number of hydrogen-bond donors (Lipinski definition) is 1. The molecule has 1 heterocycles. The Bertz CT molecular complexity index is 506. The zero-order chi connectivity index (χ0) is 14.2. The number of nitro benzene ring substituents is 1. The molecule has 1 aromatic rings. The number of anilines is 1. The lowest BCUT2D eigenvalue weighted by atomic mass is 10.1. The van der Waals surface area contributed by atoms with Gasteiger partial charge in [-0.25, -0.2) is 8.78 Å². The Balaban J connectivity index is 2.38. The molecule has 1 fully saturated rings. The number of alkyl halides is 2. The maximum absolute atomic E-state index is 13.0. The van der Waals surface area contributed by atoms with Crippen molar-refractivity contribution in [2.45, 2.75) is 25.4 Å². The van der Waals surface area contributed by atoms with Crippen LogP contribution < -0.4 is 4.90 Å². The van der Waals surface area contributed by atoms with Crippen LogP contribution in [0.25, 0.3) is 0 Å². The van der Waals surface area contributed by atoms with Crippen LogP contribution in [0.1, 0.15) is 25.3 Å². The molecule has 0 bridgehead atoms. The molecule has 2 rings (SSSR count). The second-order valence-electron chi connectivity index (χ2n) is 4.97. The van der Waals surface area contributed by atoms with Crippen molar-refractivity contribution in [3.05, 3.63) is 33.9 Å². The van der Waals surface area contributed by atoms with Crippen molar-refractivity contribution in [2.75, 3.05) is 18.0 Å². The van der Waals surface area contributed by atoms with Gasteiger partial charge in [-0.05, 0) is 19.4 Å². The summed E-state index contributed by atoms with van der Waals surface area (Å²) < 4.78 is 26.0. The molecule has 1 aliphatic heterocycles. The van der Waals surface area contributed by atoms with Crippen LogP contribution in [0.4, 0.5) is 20.2 Å². The highest BCUT2D eigenvalue weighted by molar-refractivity contribution is 5.59. The molecule has 0 radical (unpaired) electrons. The highest BCUT2D eigenvalue weighted by Gasteiger charge is 2.33. The fraction of sp³-hybridized carbons (Fsp3) is 0.500. The first-order valence-electron chi connectivity index (χ1n) is 5.84. The molecule has 1 saturated heterocycles. The van der Waals surface area contributed by atoms with Crippen LogP contribution in [0, 0.1) is 10.1 Å². The van der Waals surface area contributed by atoms with Gasteiger partial charge in [0, 0.05) is 36.5 Å². The van der Waals surface area contributed by atoms with E-state index in [1.54, 1.807) is 11.8 Å². The van der Waals surface area contributed by atoms with Gasteiger partial charge in [0.25, 0.3) is 12.1 Å². The van der Waals surface area contributed by atoms with Crippen LogP contribution in [0.15, 0.2) is 18.2 Å². The van der Waals surface area contributed by atoms with Crippen LogP contribution in [-0.4, -0.2) is 28.7 Å². The number of non-ortho nitro benzene ring substituents is 1. The van der Waals surface area contributed by atoms with Gasteiger partial charge in [0.1, 0.15) is 0 Å². The van der Waals surface area contributed by atoms with E-state index in [0.29, 0.717) is 13.0 Å². The minimum absolute atomic E-state index is 0.241. The molecule has 0 amide bonds. The van der Waals surface area contributed by atoms with Gasteiger partial charge in [-0.15, -0.1) is 0 Å². The van der Waals surface area contributed by atoms with E-state index in [-0.39, 0.29) is 23.5 Å². The molecule has 0 aliphatic carbocycles. The van der Waals surface area contributed by atoms with Gasteiger partial charge in [-0.1, -0.05) is 0 Å². The van der Waals surface area contributed by atoms with Crippen molar-refractivity contribution in [3.63, 3.8) is 0 Å². The third-order valence-electron chi connectivity index (χ3n) is 3.25. The Hall–Kier alpha value is -1.76. The summed E-state index contributed by atoms with van der Waals surface area (Å²) in [6.45, 7) is 2.33. The summed E-state index contributed by atoms with van der Waals surface area (Å²) in [4.78, 5) is 11.6. The highest BCUT2D eigenvalue weighted by atomic mass is 19.3. The van der Waals surface area contributed by atoms with Crippen molar-refractivity contribution in [1.29, 1.82) is 0 Å². The quantitative estimate of drug-likeness (QED) is 0.678. The van der Waals surface area contributed by atoms with Gasteiger partial charge in [0.2, 0.25) is 0 Å². The van der Waals surface area contributed by atoms with E-state index in [2.05, 4.69) is 0 Å². The predicted octanol–water partition coefficient (Wildman–Crippen LogP) is 2.49. The first kappa shape index (κ1) is 13.7. The Morgan fingerprint density at radius 3 is 2.68 bits per heavy atom. The van der Waals surface area contributed by atoms with E-state index in [1.165, 1.54) is 12.1 Å². The van der Waals surface area contributed by atoms with E-state index in [9.17, 15) is 24.0 Å². The zero-order valence-corrected chi connectivity index (χ0v) is 10.3. The lowest BCUT2D eigenvalue weighted by Gasteiger charge is -2.23. The summed E-state index contributed by atoms with van der Waals surface area (Å²) in [6.07, 6.45) is -2.31. The summed E-state index contributed by atoms with van der Waals surface area (Å²) in [5.74, 6) is 0. The normalized spacial score (nSPS) is 23.1. The van der Waals surface area contributed by atoms with E-state index >= 15 is 0 Å². The van der Waals surface area contributed by atoms with Crippen molar-refractivity contribution in [1.82, 2.24) is 0 Å². The number of β-amino-alcohol motifs (C(OH)–C–C–N with tert-alkyl or cyclic N) is 1. The number of aliphatic hydroxyl groups is 1. The topological polar surface area (TPSA) is 66.6 Å². The number of nitrogens with zero attached hydrogens (tertiary/aromatic N) is 2. The van der Waals surface area contributed by atoms with Crippen LogP contribution in [-0.2, 0) is 0 Å². The SMILES string of the molecule is CC1(O)CCN(c2ccc([N+](=O)[O-])cc2C(F)F)C1. The molecule has 7 heteroatoms. The largest absolute Gasteiger partial charge is 0.388 e. The molecule has 1 aliphatic rings. The summed E-state index contributed by atoms with van der Waals surface area (Å²) in [6, 6.07) is 3.42. The number of nitro groups is 1. The van der Waals surface area contributed by atoms with Crippen molar-refractivity contribution in [2.24, 2.45) is 0 Å². The number of rotatable bonds is 3. The van der Waals surface area contributed by atoms with Gasteiger partial charge in [0.15, 0.2) is 0 Å². The molecule has 1 unspecified atom stereocenters. The van der Waals surface area contributed by atoms with Crippen molar-refractivity contribution >= 4 is 11.4 Å². The molecule has 0 aromatic heterocycles. The van der Waals surface area contributed by atoms with Gasteiger partial charge in [-0.2, -0.15) is 0 Å². The Kier molecular flexibility index (Phi) is 3.40. The van der Waals surface area contributed by atoms with Gasteiger partial charge < -0.3 is 10.0 Å². The Morgan fingerprint density at radius 2 is 2.21 bits per heavy atom. The second kappa shape index (κ2) is 4.73. The average Bonchev–Trinajstić information content (AvgIpc) is 2.68. The van der Waals surface area contributed by atoms with E-state index in [1.807, 2.05) is 0 Å². The summed E-state index contributed by atoms with van der Waals surface area (Å²) in [5, 5.41) is 20.5. The lowest BCUT2D eigenvalue weighted by molar-refractivity contribution is -0.385. The minimum Gasteiger partial charge on any atom is -0.388 e. The molecular formula is C12H14F2N2O3. The molecule has 1 atom stereocenters. The number of benzene rings is 1. The van der Waals surface area contributed by atoms with Gasteiger partial charge >= 0.3 is 0 Å². The first-order chi connectivity index (χ1) is 8.80. The van der Waals surface area contributed by atoms with Crippen molar-refractivity contribution in [3.8, 4) is 0 Å². The predicted molar refractivity (Wildman–Crippen MR) is 65.5 cm³/mol. The van der Waals surface area contributed by atoms with Crippen LogP contribution in [0.5, 0.6) is 0 Å². The third kappa shape index (κ3) is 2.81. The monoisotopic (exact) mass is 272 g/mol. The zero-order valence-electron chi connectivity index (χ0n) is 10.3. The summed E-state index contributed by atoms with van der Waals surface area (Å²) in [7, 11) is 0. The number of halogens is 2. The molecule has 0 saturated carbocycles. The molecule has 5 nitrogen and oxygen atoms in total. The fourth-order valence-electron chi connectivity index (χ4n) is 2.27. The highest BCUT2D eigenvalue weighted by Crippen LogP contribution is 2.36. The minimum atomic E-state index is -2.79. The summed E-state index contributed by atoms with van der Waals surface area (Å²) in [5.41, 5.74) is -1.39.